The Morgan fingerprint density at radius 2 is 1.89 bits per heavy atom. The van der Waals surface area contributed by atoms with Gasteiger partial charge in [0.1, 0.15) is 0 Å². The third kappa shape index (κ3) is 3.74. The second kappa shape index (κ2) is 6.43. The van der Waals surface area contributed by atoms with E-state index in [1.807, 2.05) is 0 Å². The van der Waals surface area contributed by atoms with Crippen molar-refractivity contribution in [1.82, 2.24) is 0 Å². The Bertz CT molecular complexity index is 371. The van der Waals surface area contributed by atoms with Crippen LogP contribution in [-0.2, 0) is 6.42 Å². The Hall–Kier alpha value is -0.0100. The van der Waals surface area contributed by atoms with Crippen molar-refractivity contribution >= 4 is 27.5 Å². The third-order valence-electron chi connectivity index (χ3n) is 4.28. The largest absolute Gasteiger partial charge is 0.123 e. The van der Waals surface area contributed by atoms with Crippen LogP contribution in [0, 0.1) is 17.8 Å². The molecule has 0 nitrogen and oxygen atoms in total. The molecule has 2 rings (SSSR count). The molecular weight excluding hydrogens is 308 g/mol. The standard InChI is InChI=1S/C16H22BrCl/c1-11(2)13-5-8-16(18)14(10-13)9-12-3-6-15(17)7-4-12/h3-4,6-7,11,13-14,16H,5,8-10H2,1-2H3. The van der Waals surface area contributed by atoms with E-state index in [-0.39, 0.29) is 0 Å². The van der Waals surface area contributed by atoms with E-state index in [9.17, 15) is 0 Å². The molecule has 1 saturated carbocycles. The molecule has 1 aromatic rings. The quantitative estimate of drug-likeness (QED) is 0.627. The van der Waals surface area contributed by atoms with E-state index < -0.39 is 0 Å². The van der Waals surface area contributed by atoms with Gasteiger partial charge in [0.15, 0.2) is 0 Å². The Morgan fingerprint density at radius 3 is 2.50 bits per heavy atom. The molecule has 0 aromatic heterocycles. The van der Waals surface area contributed by atoms with Crippen molar-refractivity contribution in [2.24, 2.45) is 17.8 Å². The minimum Gasteiger partial charge on any atom is -0.123 e. The lowest BCUT2D eigenvalue weighted by molar-refractivity contribution is 0.218. The summed E-state index contributed by atoms with van der Waals surface area (Å²) < 4.78 is 1.15. The van der Waals surface area contributed by atoms with Gasteiger partial charge < -0.3 is 0 Å². The van der Waals surface area contributed by atoms with Gasteiger partial charge in [0.25, 0.3) is 0 Å². The van der Waals surface area contributed by atoms with Crippen LogP contribution in [0.2, 0.25) is 0 Å². The molecule has 100 valence electrons. The molecule has 0 radical (unpaired) electrons. The van der Waals surface area contributed by atoms with Gasteiger partial charge in [-0.2, -0.15) is 0 Å². The van der Waals surface area contributed by atoms with Crippen molar-refractivity contribution < 1.29 is 0 Å². The SMILES string of the molecule is CC(C)C1CCC(Cl)C(Cc2ccc(Br)cc2)C1. The fourth-order valence-corrected chi connectivity index (χ4v) is 3.59. The molecule has 0 bridgehead atoms. The summed E-state index contributed by atoms with van der Waals surface area (Å²) in [5.41, 5.74) is 1.42. The van der Waals surface area contributed by atoms with E-state index in [0.29, 0.717) is 11.3 Å². The van der Waals surface area contributed by atoms with E-state index >= 15 is 0 Å². The highest BCUT2D eigenvalue weighted by Crippen LogP contribution is 2.38. The van der Waals surface area contributed by atoms with Gasteiger partial charge in [-0.1, -0.05) is 41.9 Å². The van der Waals surface area contributed by atoms with Crippen LogP contribution in [0.5, 0.6) is 0 Å². The molecule has 0 amide bonds. The van der Waals surface area contributed by atoms with Gasteiger partial charge in [0.05, 0.1) is 0 Å². The van der Waals surface area contributed by atoms with E-state index in [2.05, 4.69) is 54.0 Å². The lowest BCUT2D eigenvalue weighted by Crippen LogP contribution is -2.29. The van der Waals surface area contributed by atoms with Crippen LogP contribution in [0.15, 0.2) is 28.7 Å². The molecule has 18 heavy (non-hydrogen) atoms. The summed E-state index contributed by atoms with van der Waals surface area (Å²) in [7, 11) is 0. The Balaban J connectivity index is 2.00. The summed E-state index contributed by atoms with van der Waals surface area (Å²) in [6.07, 6.45) is 4.92. The maximum absolute atomic E-state index is 6.52. The van der Waals surface area contributed by atoms with Crippen molar-refractivity contribution in [3.05, 3.63) is 34.3 Å². The van der Waals surface area contributed by atoms with Crippen LogP contribution in [0.3, 0.4) is 0 Å². The lowest BCUT2D eigenvalue weighted by Gasteiger charge is -2.35. The Kier molecular flexibility index (Phi) is 5.14. The van der Waals surface area contributed by atoms with E-state index in [1.54, 1.807) is 0 Å². The Morgan fingerprint density at radius 1 is 1.22 bits per heavy atom. The number of hydrogen-bond donors (Lipinski definition) is 0. The monoisotopic (exact) mass is 328 g/mol. The van der Waals surface area contributed by atoms with Gasteiger partial charge in [-0.25, -0.2) is 0 Å². The molecule has 0 aliphatic heterocycles. The predicted octanol–water partition coefficient (Wildman–Crippen LogP) is 5.67. The number of hydrogen-bond acceptors (Lipinski definition) is 0. The van der Waals surface area contributed by atoms with Gasteiger partial charge in [-0.05, 0) is 61.1 Å². The first kappa shape index (κ1) is 14.4. The zero-order valence-corrected chi connectivity index (χ0v) is 13.5. The summed E-state index contributed by atoms with van der Waals surface area (Å²) in [5.74, 6) is 2.30. The summed E-state index contributed by atoms with van der Waals surface area (Å²) in [6.45, 7) is 4.69. The maximum atomic E-state index is 6.52. The van der Waals surface area contributed by atoms with E-state index in [1.165, 1.54) is 24.8 Å². The molecule has 0 N–H and O–H groups in total. The zero-order valence-electron chi connectivity index (χ0n) is 11.2. The van der Waals surface area contributed by atoms with Gasteiger partial charge in [0, 0.05) is 9.85 Å². The van der Waals surface area contributed by atoms with Crippen LogP contribution in [-0.4, -0.2) is 5.38 Å². The average molecular weight is 330 g/mol. The lowest BCUT2D eigenvalue weighted by atomic mass is 9.74. The molecule has 0 spiro atoms. The topological polar surface area (TPSA) is 0 Å². The van der Waals surface area contributed by atoms with Crippen LogP contribution in [0.25, 0.3) is 0 Å². The number of rotatable bonds is 3. The molecule has 0 saturated heterocycles. The number of alkyl halides is 1. The predicted molar refractivity (Wildman–Crippen MR) is 83.2 cm³/mol. The van der Waals surface area contributed by atoms with Gasteiger partial charge >= 0.3 is 0 Å². The van der Waals surface area contributed by atoms with Crippen molar-refractivity contribution in [1.29, 1.82) is 0 Å². The van der Waals surface area contributed by atoms with Crippen LogP contribution < -0.4 is 0 Å². The van der Waals surface area contributed by atoms with Crippen LogP contribution in [0.1, 0.15) is 38.7 Å². The first-order valence-electron chi connectivity index (χ1n) is 6.94. The zero-order chi connectivity index (χ0) is 13.1. The Labute approximate surface area is 124 Å². The fraction of sp³-hybridized carbons (Fsp3) is 0.625. The van der Waals surface area contributed by atoms with Crippen molar-refractivity contribution in [2.75, 3.05) is 0 Å². The van der Waals surface area contributed by atoms with Crippen molar-refractivity contribution in [3.8, 4) is 0 Å². The summed E-state index contributed by atoms with van der Waals surface area (Å²) in [6, 6.07) is 8.68. The minimum absolute atomic E-state index is 0.364. The normalized spacial score (nSPS) is 28.6. The molecular formula is C16H22BrCl. The molecule has 1 fully saturated rings. The van der Waals surface area contributed by atoms with E-state index in [0.717, 1.165) is 22.7 Å². The van der Waals surface area contributed by atoms with Crippen LogP contribution >= 0.6 is 27.5 Å². The highest BCUT2D eigenvalue weighted by Gasteiger charge is 2.30. The van der Waals surface area contributed by atoms with Gasteiger partial charge in [0.2, 0.25) is 0 Å². The van der Waals surface area contributed by atoms with Crippen molar-refractivity contribution in [3.63, 3.8) is 0 Å². The molecule has 0 heterocycles. The number of benzene rings is 1. The maximum Gasteiger partial charge on any atom is 0.0367 e. The highest BCUT2D eigenvalue weighted by atomic mass is 79.9. The van der Waals surface area contributed by atoms with Gasteiger partial charge in [-0.15, -0.1) is 11.6 Å². The number of halogens is 2. The second-order valence-electron chi connectivity index (χ2n) is 5.92. The molecule has 3 atom stereocenters. The summed E-state index contributed by atoms with van der Waals surface area (Å²) in [4.78, 5) is 0. The highest BCUT2D eigenvalue weighted by molar-refractivity contribution is 9.10. The van der Waals surface area contributed by atoms with Crippen LogP contribution in [0.4, 0.5) is 0 Å². The summed E-state index contributed by atoms with van der Waals surface area (Å²) >= 11 is 10.0. The molecule has 2 heteroatoms. The van der Waals surface area contributed by atoms with Crippen molar-refractivity contribution in [2.45, 2.75) is 44.9 Å². The first-order chi connectivity index (χ1) is 8.56. The molecule has 1 aliphatic carbocycles. The minimum atomic E-state index is 0.364. The molecule has 1 aromatic carbocycles. The smallest absolute Gasteiger partial charge is 0.0367 e. The third-order valence-corrected chi connectivity index (χ3v) is 5.39. The van der Waals surface area contributed by atoms with Gasteiger partial charge in [-0.3, -0.25) is 0 Å². The molecule has 3 unspecified atom stereocenters. The first-order valence-corrected chi connectivity index (χ1v) is 8.17. The van der Waals surface area contributed by atoms with E-state index in [4.69, 9.17) is 11.6 Å². The average Bonchev–Trinajstić information content (AvgIpc) is 2.34. The fourth-order valence-electron chi connectivity index (χ4n) is 3.00. The molecule has 1 aliphatic rings. The summed E-state index contributed by atoms with van der Waals surface area (Å²) in [5, 5.41) is 0.364. The second-order valence-corrected chi connectivity index (χ2v) is 7.40.